The Morgan fingerprint density at radius 2 is 0.727 bits per heavy atom. The molecule has 0 spiro atoms. The highest BCUT2D eigenvalue weighted by atomic mass is 16.3. The Kier molecular flexibility index (Phi) is 4.75. The number of benzene rings is 8. The second-order valence-electron chi connectivity index (χ2n) is 11.7. The quantitative estimate of drug-likeness (QED) is 0.210. The smallest absolute Gasteiger partial charge is 0.136 e. The van der Waals surface area contributed by atoms with Gasteiger partial charge in [0.2, 0.25) is 0 Å². The van der Waals surface area contributed by atoms with Crippen molar-refractivity contribution in [2.75, 3.05) is 0 Å². The molecule has 0 unspecified atom stereocenters. The summed E-state index contributed by atoms with van der Waals surface area (Å²) in [7, 11) is 0. The van der Waals surface area contributed by atoms with E-state index in [1.165, 1.54) is 54.2 Å². The number of rotatable bonds is 2. The van der Waals surface area contributed by atoms with Gasteiger partial charge in [0.05, 0.1) is 0 Å². The zero-order valence-electron chi connectivity index (χ0n) is 23.7. The number of hydrogen-bond donors (Lipinski definition) is 0. The monoisotopic (exact) mass is 560 g/mol. The van der Waals surface area contributed by atoms with Gasteiger partial charge in [-0.05, 0) is 91.0 Å². The molecule has 0 radical (unpaired) electrons. The van der Waals surface area contributed by atoms with E-state index in [4.69, 9.17) is 8.83 Å². The lowest BCUT2D eigenvalue weighted by Gasteiger charge is -2.12. The van der Waals surface area contributed by atoms with Crippen LogP contribution in [0.15, 0.2) is 154 Å². The summed E-state index contributed by atoms with van der Waals surface area (Å²) < 4.78 is 12.8. The molecule has 2 nitrogen and oxygen atoms in total. The normalized spacial score (nSPS) is 12.1. The summed E-state index contributed by atoms with van der Waals surface area (Å²) in [6.07, 6.45) is 0. The van der Waals surface area contributed by atoms with Crippen LogP contribution in [-0.4, -0.2) is 0 Å². The molecule has 8 aromatic carbocycles. The maximum absolute atomic E-state index is 6.41. The minimum absolute atomic E-state index is 0.907. The van der Waals surface area contributed by atoms with E-state index < -0.39 is 0 Å². The van der Waals surface area contributed by atoms with Gasteiger partial charge >= 0.3 is 0 Å². The predicted molar refractivity (Wildman–Crippen MR) is 184 cm³/mol. The summed E-state index contributed by atoms with van der Waals surface area (Å²) in [6.45, 7) is 0. The molecular weight excluding hydrogens is 536 g/mol. The van der Waals surface area contributed by atoms with Crippen molar-refractivity contribution in [2.24, 2.45) is 0 Å². The first-order valence-electron chi connectivity index (χ1n) is 15.0. The fourth-order valence-electron chi connectivity index (χ4n) is 7.23. The van der Waals surface area contributed by atoms with Crippen molar-refractivity contribution in [1.82, 2.24) is 0 Å². The van der Waals surface area contributed by atoms with E-state index in [0.717, 1.165) is 44.2 Å². The third kappa shape index (κ3) is 3.31. The van der Waals surface area contributed by atoms with E-state index in [-0.39, 0.29) is 0 Å². The second-order valence-corrected chi connectivity index (χ2v) is 11.7. The summed E-state index contributed by atoms with van der Waals surface area (Å²) in [4.78, 5) is 0. The minimum Gasteiger partial charge on any atom is -0.456 e. The molecule has 10 aromatic rings. The molecular formula is C42H24O2. The fourth-order valence-corrected chi connectivity index (χ4v) is 7.23. The van der Waals surface area contributed by atoms with E-state index in [2.05, 4.69) is 146 Å². The van der Waals surface area contributed by atoms with Crippen LogP contribution in [0.2, 0.25) is 0 Å². The minimum atomic E-state index is 0.907. The molecule has 0 N–H and O–H groups in total. The molecule has 0 saturated heterocycles. The Labute approximate surface area is 252 Å². The zero-order chi connectivity index (χ0) is 28.8. The fraction of sp³-hybridized carbons (Fsp3) is 0. The molecule has 0 aliphatic heterocycles. The number of fused-ring (bicyclic) bond motifs is 11. The summed E-state index contributed by atoms with van der Waals surface area (Å²) in [5.74, 6) is 0. The summed E-state index contributed by atoms with van der Waals surface area (Å²) in [6, 6.07) is 51.9. The van der Waals surface area contributed by atoms with Crippen LogP contribution in [0.25, 0.3) is 98.4 Å². The molecule has 2 heterocycles. The van der Waals surface area contributed by atoms with E-state index in [1.807, 2.05) is 0 Å². The van der Waals surface area contributed by atoms with Gasteiger partial charge in [0.1, 0.15) is 22.3 Å². The van der Waals surface area contributed by atoms with Crippen LogP contribution in [0.5, 0.6) is 0 Å². The van der Waals surface area contributed by atoms with Crippen molar-refractivity contribution in [2.45, 2.75) is 0 Å². The van der Waals surface area contributed by atoms with Gasteiger partial charge in [-0.25, -0.2) is 0 Å². The Morgan fingerprint density at radius 1 is 0.295 bits per heavy atom. The SMILES string of the molecule is c1ccc2c(c1)ccc1oc3cc(-c4ccc(-c5ccc6c(c5)oc5ccc7ccccc7c56)c5ccccc45)ccc3c12. The molecule has 0 amide bonds. The molecule has 0 bridgehead atoms. The predicted octanol–water partition coefficient (Wildman–Crippen LogP) is 12.3. The Balaban J connectivity index is 1.14. The van der Waals surface area contributed by atoms with E-state index in [9.17, 15) is 0 Å². The molecule has 0 atom stereocenters. The largest absolute Gasteiger partial charge is 0.456 e. The highest BCUT2D eigenvalue weighted by Gasteiger charge is 2.16. The lowest BCUT2D eigenvalue weighted by atomic mass is 9.91. The van der Waals surface area contributed by atoms with Gasteiger partial charge in [-0.15, -0.1) is 0 Å². The molecule has 2 aromatic heterocycles. The molecule has 0 saturated carbocycles. The molecule has 204 valence electrons. The Bertz CT molecular complexity index is 2580. The highest BCUT2D eigenvalue weighted by Crippen LogP contribution is 2.41. The number of hydrogen-bond acceptors (Lipinski definition) is 2. The van der Waals surface area contributed by atoms with E-state index in [1.54, 1.807) is 0 Å². The molecule has 0 fully saturated rings. The maximum atomic E-state index is 6.41. The second kappa shape index (κ2) is 8.82. The van der Waals surface area contributed by atoms with Crippen molar-refractivity contribution >= 4 is 76.2 Å². The average Bonchev–Trinajstić information content (AvgIpc) is 3.65. The lowest BCUT2D eigenvalue weighted by molar-refractivity contribution is 0.669. The lowest BCUT2D eigenvalue weighted by Crippen LogP contribution is -1.86. The van der Waals surface area contributed by atoms with Crippen molar-refractivity contribution < 1.29 is 8.83 Å². The van der Waals surface area contributed by atoms with Crippen molar-refractivity contribution in [3.63, 3.8) is 0 Å². The van der Waals surface area contributed by atoms with Gasteiger partial charge < -0.3 is 8.83 Å². The average molecular weight is 561 g/mol. The first kappa shape index (κ1) is 23.7. The molecule has 10 rings (SSSR count). The molecule has 44 heavy (non-hydrogen) atoms. The summed E-state index contributed by atoms with van der Waals surface area (Å²) >= 11 is 0. The van der Waals surface area contributed by atoms with E-state index >= 15 is 0 Å². The molecule has 0 aliphatic carbocycles. The van der Waals surface area contributed by atoms with Crippen LogP contribution in [0, 0.1) is 0 Å². The van der Waals surface area contributed by atoms with Crippen LogP contribution >= 0.6 is 0 Å². The summed E-state index contributed by atoms with van der Waals surface area (Å²) in [5.41, 5.74) is 8.32. The van der Waals surface area contributed by atoms with Crippen LogP contribution in [0.1, 0.15) is 0 Å². The molecule has 2 heteroatoms. The van der Waals surface area contributed by atoms with Gasteiger partial charge in [-0.3, -0.25) is 0 Å². The first-order chi connectivity index (χ1) is 21.8. The van der Waals surface area contributed by atoms with Crippen molar-refractivity contribution in [1.29, 1.82) is 0 Å². The van der Waals surface area contributed by atoms with Crippen LogP contribution in [0.3, 0.4) is 0 Å². The Hall–Kier alpha value is -5.86. The van der Waals surface area contributed by atoms with Crippen molar-refractivity contribution in [3.05, 3.63) is 146 Å². The van der Waals surface area contributed by atoms with Crippen LogP contribution < -0.4 is 0 Å². The van der Waals surface area contributed by atoms with Crippen LogP contribution in [-0.2, 0) is 0 Å². The van der Waals surface area contributed by atoms with Gasteiger partial charge in [0.25, 0.3) is 0 Å². The highest BCUT2D eigenvalue weighted by molar-refractivity contribution is 6.20. The van der Waals surface area contributed by atoms with Gasteiger partial charge in [0, 0.05) is 21.5 Å². The third-order valence-electron chi connectivity index (χ3n) is 9.27. The Morgan fingerprint density at radius 3 is 1.20 bits per heavy atom. The van der Waals surface area contributed by atoms with Gasteiger partial charge in [-0.2, -0.15) is 0 Å². The number of furan rings is 2. The van der Waals surface area contributed by atoms with E-state index in [0.29, 0.717) is 0 Å². The van der Waals surface area contributed by atoms with Gasteiger partial charge in [0.15, 0.2) is 0 Å². The third-order valence-corrected chi connectivity index (χ3v) is 9.27. The zero-order valence-corrected chi connectivity index (χ0v) is 23.7. The summed E-state index contributed by atoms with van der Waals surface area (Å²) in [5, 5.41) is 12.0. The maximum Gasteiger partial charge on any atom is 0.136 e. The topological polar surface area (TPSA) is 26.3 Å². The van der Waals surface area contributed by atoms with Crippen molar-refractivity contribution in [3.8, 4) is 22.3 Å². The molecule has 0 aliphatic rings. The van der Waals surface area contributed by atoms with Crippen LogP contribution in [0.4, 0.5) is 0 Å². The standard InChI is InChI=1S/C42H24O2/c1-3-9-31-25(7-1)15-21-37-41(31)35-17-13-27(23-39(35)43-37)29-19-20-30(34-12-6-5-11-33(29)34)28-14-18-36-40(24-28)44-38-22-16-26-8-2-4-10-32(26)42(36)38/h1-24H. The first-order valence-corrected chi connectivity index (χ1v) is 15.0. The van der Waals surface area contributed by atoms with Gasteiger partial charge in [-0.1, -0.05) is 109 Å².